The van der Waals surface area contributed by atoms with Crippen molar-refractivity contribution in [2.24, 2.45) is 0 Å². The Hall–Kier alpha value is -1.77. The summed E-state index contributed by atoms with van der Waals surface area (Å²) in [7, 11) is 1.70. The molecule has 0 bridgehead atoms. The van der Waals surface area contributed by atoms with Crippen LogP contribution in [0.15, 0.2) is 36.5 Å². The zero-order valence-electron chi connectivity index (χ0n) is 7.32. The number of phenolic OH excluding ortho intramolecular Hbond substituents is 1. The van der Waals surface area contributed by atoms with E-state index in [2.05, 4.69) is 5.32 Å². The van der Waals surface area contributed by atoms with E-state index in [0.29, 0.717) is 5.56 Å². The minimum absolute atomic E-state index is 0.00764. The Morgan fingerprint density at radius 1 is 1.46 bits per heavy atom. The van der Waals surface area contributed by atoms with Crippen molar-refractivity contribution in [2.45, 2.75) is 0 Å². The van der Waals surface area contributed by atoms with E-state index in [0.717, 1.165) is 0 Å². The van der Waals surface area contributed by atoms with Gasteiger partial charge in [-0.05, 0) is 12.1 Å². The Morgan fingerprint density at radius 3 is 2.77 bits per heavy atom. The van der Waals surface area contributed by atoms with E-state index in [1.807, 2.05) is 0 Å². The summed E-state index contributed by atoms with van der Waals surface area (Å²) >= 11 is 0. The molecule has 0 radical (unpaired) electrons. The van der Waals surface area contributed by atoms with Crippen molar-refractivity contribution < 1.29 is 9.90 Å². The molecule has 3 heteroatoms. The summed E-state index contributed by atoms with van der Waals surface area (Å²) in [4.78, 5) is 11.3. The number of hydrogen-bond donors (Lipinski definition) is 2. The van der Waals surface area contributed by atoms with Gasteiger partial charge in [-0.2, -0.15) is 0 Å². The predicted molar refractivity (Wildman–Crippen MR) is 50.6 cm³/mol. The van der Waals surface area contributed by atoms with Crippen molar-refractivity contribution in [3.05, 3.63) is 42.1 Å². The third kappa shape index (κ3) is 2.33. The van der Waals surface area contributed by atoms with Crippen LogP contribution in [0.3, 0.4) is 0 Å². The summed E-state index contributed by atoms with van der Waals surface area (Å²) in [6, 6.07) is 6.45. The second-order valence-corrected chi connectivity index (χ2v) is 2.50. The first-order chi connectivity index (χ1) is 6.25. The van der Waals surface area contributed by atoms with Gasteiger partial charge in [-0.25, -0.2) is 0 Å². The van der Waals surface area contributed by atoms with Gasteiger partial charge in [-0.15, -0.1) is 0 Å². The molecule has 1 rings (SSSR count). The normalized spacial score (nSPS) is 10.2. The minimum Gasteiger partial charge on any atom is -0.507 e. The molecular weight excluding hydrogens is 166 g/mol. The van der Waals surface area contributed by atoms with Crippen molar-refractivity contribution in [3.8, 4) is 5.75 Å². The van der Waals surface area contributed by atoms with Crippen LogP contribution in [-0.4, -0.2) is 17.9 Å². The van der Waals surface area contributed by atoms with Crippen molar-refractivity contribution in [2.75, 3.05) is 7.05 Å². The van der Waals surface area contributed by atoms with Crippen LogP contribution in [0.2, 0.25) is 0 Å². The topological polar surface area (TPSA) is 49.3 Å². The number of allylic oxidation sites excluding steroid dienone is 1. The third-order valence-electron chi connectivity index (χ3n) is 1.57. The van der Waals surface area contributed by atoms with Gasteiger partial charge in [0.15, 0.2) is 5.78 Å². The third-order valence-corrected chi connectivity index (χ3v) is 1.57. The number of ketones is 1. The number of carbonyl (C=O) groups is 1. The lowest BCUT2D eigenvalue weighted by atomic mass is 10.1. The molecule has 1 aromatic rings. The average molecular weight is 177 g/mol. The molecule has 0 fully saturated rings. The van der Waals surface area contributed by atoms with Gasteiger partial charge in [0.25, 0.3) is 0 Å². The van der Waals surface area contributed by atoms with Crippen LogP contribution in [-0.2, 0) is 0 Å². The quantitative estimate of drug-likeness (QED) is 0.540. The Morgan fingerprint density at radius 2 is 2.15 bits per heavy atom. The van der Waals surface area contributed by atoms with Gasteiger partial charge in [0.2, 0.25) is 0 Å². The lowest BCUT2D eigenvalue weighted by Gasteiger charge is -1.98. The van der Waals surface area contributed by atoms with E-state index >= 15 is 0 Å². The van der Waals surface area contributed by atoms with Crippen LogP contribution in [0, 0.1) is 0 Å². The molecule has 2 N–H and O–H groups in total. The zero-order chi connectivity index (χ0) is 9.68. The van der Waals surface area contributed by atoms with E-state index in [9.17, 15) is 9.90 Å². The number of para-hydroxylation sites is 1. The number of nitrogens with one attached hydrogen (secondary N) is 1. The SMILES string of the molecule is CNC=CC(=O)c1ccccc1O. The Labute approximate surface area is 76.7 Å². The first-order valence-corrected chi connectivity index (χ1v) is 3.92. The molecule has 68 valence electrons. The highest BCUT2D eigenvalue weighted by Crippen LogP contribution is 2.16. The Bertz CT molecular complexity index is 331. The fourth-order valence-corrected chi connectivity index (χ4v) is 0.931. The molecule has 0 amide bonds. The minimum atomic E-state index is -0.215. The van der Waals surface area contributed by atoms with Crippen LogP contribution >= 0.6 is 0 Å². The first kappa shape index (κ1) is 9.32. The fourth-order valence-electron chi connectivity index (χ4n) is 0.931. The maximum Gasteiger partial charge on any atom is 0.190 e. The van der Waals surface area contributed by atoms with E-state index in [1.54, 1.807) is 25.2 Å². The smallest absolute Gasteiger partial charge is 0.190 e. The Kier molecular flexibility index (Phi) is 3.09. The molecule has 0 aromatic heterocycles. The highest BCUT2D eigenvalue weighted by atomic mass is 16.3. The molecule has 0 aliphatic heterocycles. The highest BCUT2D eigenvalue weighted by Gasteiger charge is 2.05. The molecule has 1 aromatic carbocycles. The average Bonchev–Trinajstić information content (AvgIpc) is 2.15. The molecule has 0 spiro atoms. The van der Waals surface area contributed by atoms with Gasteiger partial charge in [0, 0.05) is 19.3 Å². The van der Waals surface area contributed by atoms with Crippen molar-refractivity contribution in [1.82, 2.24) is 5.32 Å². The van der Waals surface area contributed by atoms with Crippen LogP contribution < -0.4 is 5.32 Å². The summed E-state index contributed by atoms with van der Waals surface area (Å²) in [5, 5.41) is 12.0. The summed E-state index contributed by atoms with van der Waals surface area (Å²) in [5.74, 6) is -0.208. The molecule has 0 atom stereocenters. The van der Waals surface area contributed by atoms with E-state index < -0.39 is 0 Å². The van der Waals surface area contributed by atoms with Gasteiger partial charge in [0.05, 0.1) is 5.56 Å². The van der Waals surface area contributed by atoms with Crippen LogP contribution in [0.5, 0.6) is 5.75 Å². The number of phenols is 1. The van der Waals surface area contributed by atoms with Gasteiger partial charge >= 0.3 is 0 Å². The standard InChI is InChI=1S/C10H11NO2/c1-11-7-6-10(13)8-4-2-3-5-9(8)12/h2-7,11-12H,1H3. The lowest BCUT2D eigenvalue weighted by molar-refractivity contribution is 0.104. The predicted octanol–water partition coefficient (Wildman–Crippen LogP) is 1.31. The molecule has 0 heterocycles. The molecule has 0 saturated carbocycles. The highest BCUT2D eigenvalue weighted by molar-refractivity contribution is 6.06. The van der Waals surface area contributed by atoms with Gasteiger partial charge in [-0.3, -0.25) is 4.79 Å². The van der Waals surface area contributed by atoms with E-state index in [-0.39, 0.29) is 11.5 Å². The molecule has 0 unspecified atom stereocenters. The second kappa shape index (κ2) is 4.30. The van der Waals surface area contributed by atoms with Crippen molar-refractivity contribution in [3.63, 3.8) is 0 Å². The number of rotatable bonds is 3. The van der Waals surface area contributed by atoms with Crippen LogP contribution in [0.4, 0.5) is 0 Å². The van der Waals surface area contributed by atoms with Crippen LogP contribution in [0.1, 0.15) is 10.4 Å². The summed E-state index contributed by atoms with van der Waals surface area (Å²) in [6.07, 6.45) is 2.89. The fraction of sp³-hybridized carbons (Fsp3) is 0.100. The molecule has 13 heavy (non-hydrogen) atoms. The van der Waals surface area contributed by atoms with Crippen LogP contribution in [0.25, 0.3) is 0 Å². The van der Waals surface area contributed by atoms with Gasteiger partial charge in [-0.1, -0.05) is 12.1 Å². The largest absolute Gasteiger partial charge is 0.507 e. The van der Waals surface area contributed by atoms with Gasteiger partial charge < -0.3 is 10.4 Å². The number of benzene rings is 1. The maximum absolute atomic E-state index is 11.3. The van der Waals surface area contributed by atoms with E-state index in [1.165, 1.54) is 18.3 Å². The molecule has 0 aliphatic carbocycles. The monoisotopic (exact) mass is 177 g/mol. The number of hydrogen-bond acceptors (Lipinski definition) is 3. The molecule has 3 nitrogen and oxygen atoms in total. The summed E-state index contributed by atoms with van der Waals surface area (Å²) in [5.41, 5.74) is 0.314. The van der Waals surface area contributed by atoms with Crippen molar-refractivity contribution >= 4 is 5.78 Å². The van der Waals surface area contributed by atoms with E-state index in [4.69, 9.17) is 0 Å². The first-order valence-electron chi connectivity index (χ1n) is 3.92. The number of carbonyl (C=O) groups excluding carboxylic acids is 1. The molecular formula is C10H11NO2. The lowest BCUT2D eigenvalue weighted by Crippen LogP contribution is -1.98. The second-order valence-electron chi connectivity index (χ2n) is 2.50. The van der Waals surface area contributed by atoms with Crippen molar-refractivity contribution in [1.29, 1.82) is 0 Å². The maximum atomic E-state index is 11.3. The zero-order valence-corrected chi connectivity index (χ0v) is 7.32. The number of aromatic hydroxyl groups is 1. The summed E-state index contributed by atoms with van der Waals surface area (Å²) < 4.78 is 0. The molecule has 0 aliphatic rings. The Balaban J connectivity index is 2.89. The molecule has 0 saturated heterocycles. The van der Waals surface area contributed by atoms with Gasteiger partial charge in [0.1, 0.15) is 5.75 Å². The summed E-state index contributed by atoms with van der Waals surface area (Å²) in [6.45, 7) is 0.